The van der Waals surface area contributed by atoms with Crippen LogP contribution < -0.4 is 10.0 Å². The highest BCUT2D eigenvalue weighted by Crippen LogP contribution is 2.26. The normalized spacial score (nSPS) is 21.5. The molecule has 7 nitrogen and oxygen atoms in total. The van der Waals surface area contributed by atoms with E-state index < -0.39 is 44.6 Å². The molecule has 2 rings (SSSR count). The molecule has 3 N–H and O–H groups in total. The highest BCUT2D eigenvalue weighted by atomic mass is 32.2. The molecular weight excluding hydrogens is 363 g/mol. The molecular formula is C17H23FN2O5S. The number of carboxylic acids is 1. The van der Waals surface area contributed by atoms with Crippen molar-refractivity contribution in [2.45, 2.75) is 50.1 Å². The molecule has 0 saturated heterocycles. The van der Waals surface area contributed by atoms with Gasteiger partial charge in [0.15, 0.2) is 0 Å². The average molecular weight is 386 g/mol. The topological polar surface area (TPSA) is 113 Å². The van der Waals surface area contributed by atoms with Gasteiger partial charge in [0.2, 0.25) is 15.9 Å². The van der Waals surface area contributed by atoms with Crippen molar-refractivity contribution in [2.75, 3.05) is 0 Å². The fourth-order valence-corrected chi connectivity index (χ4v) is 4.44. The number of aliphatic carboxylic acids is 1. The van der Waals surface area contributed by atoms with Crippen LogP contribution in [0.15, 0.2) is 29.2 Å². The van der Waals surface area contributed by atoms with Gasteiger partial charge in [0, 0.05) is 6.04 Å². The molecule has 0 heterocycles. The lowest BCUT2D eigenvalue weighted by molar-refractivity contribution is -0.141. The minimum absolute atomic E-state index is 0.311. The Hall–Kier alpha value is -2.00. The first-order chi connectivity index (χ1) is 12.1. The maximum Gasteiger partial charge on any atom is 0.306 e. The predicted molar refractivity (Wildman–Crippen MR) is 92.3 cm³/mol. The molecule has 3 atom stereocenters. The van der Waals surface area contributed by atoms with Gasteiger partial charge < -0.3 is 10.4 Å². The fourth-order valence-electron chi connectivity index (χ4n) is 3.01. The van der Waals surface area contributed by atoms with Gasteiger partial charge >= 0.3 is 5.97 Å². The van der Waals surface area contributed by atoms with Crippen LogP contribution in [0.5, 0.6) is 0 Å². The van der Waals surface area contributed by atoms with Crippen molar-refractivity contribution in [3.63, 3.8) is 0 Å². The van der Waals surface area contributed by atoms with E-state index in [1.807, 2.05) is 0 Å². The summed E-state index contributed by atoms with van der Waals surface area (Å²) in [5, 5.41) is 11.7. The lowest BCUT2D eigenvalue weighted by Crippen LogP contribution is -2.51. The molecule has 1 saturated carbocycles. The number of rotatable bonds is 7. The van der Waals surface area contributed by atoms with Crippen LogP contribution in [0.1, 0.15) is 33.1 Å². The first-order valence-corrected chi connectivity index (χ1v) is 9.90. The maximum absolute atomic E-state index is 13.8. The van der Waals surface area contributed by atoms with E-state index in [1.165, 1.54) is 12.1 Å². The van der Waals surface area contributed by atoms with Crippen LogP contribution in [0.4, 0.5) is 4.39 Å². The zero-order valence-electron chi connectivity index (χ0n) is 14.6. The summed E-state index contributed by atoms with van der Waals surface area (Å²) in [5.74, 6) is -3.23. The molecule has 1 aliphatic carbocycles. The first kappa shape index (κ1) is 20.3. The molecule has 0 radical (unpaired) electrons. The lowest BCUT2D eigenvalue weighted by Gasteiger charge is -2.24. The molecule has 1 aromatic rings. The SMILES string of the molecule is CC(C)C(NS(=O)(=O)c1ccccc1F)C(=O)N[C@@H]1CC[C@H](C(=O)O)C1. The number of benzene rings is 1. The van der Waals surface area contributed by atoms with Crippen molar-refractivity contribution in [1.82, 2.24) is 10.0 Å². The molecule has 0 bridgehead atoms. The van der Waals surface area contributed by atoms with Gasteiger partial charge in [-0.3, -0.25) is 9.59 Å². The summed E-state index contributed by atoms with van der Waals surface area (Å²) in [6.45, 7) is 3.34. The Balaban J connectivity index is 2.10. The van der Waals surface area contributed by atoms with E-state index in [2.05, 4.69) is 10.0 Å². The summed E-state index contributed by atoms with van der Waals surface area (Å²) in [5.41, 5.74) is 0. The van der Waals surface area contributed by atoms with E-state index in [0.717, 1.165) is 12.1 Å². The smallest absolute Gasteiger partial charge is 0.306 e. The van der Waals surface area contributed by atoms with E-state index >= 15 is 0 Å². The number of carboxylic acid groups (broad SMARTS) is 1. The van der Waals surface area contributed by atoms with E-state index in [4.69, 9.17) is 5.11 Å². The summed E-state index contributed by atoms with van der Waals surface area (Å²) in [6, 6.07) is 3.52. The minimum atomic E-state index is -4.22. The summed E-state index contributed by atoms with van der Waals surface area (Å²) in [4.78, 5) is 23.0. The van der Waals surface area contributed by atoms with Crippen molar-refractivity contribution in [1.29, 1.82) is 0 Å². The highest BCUT2D eigenvalue weighted by Gasteiger charge is 2.34. The number of nitrogens with one attached hydrogen (secondary N) is 2. The minimum Gasteiger partial charge on any atom is -0.481 e. The summed E-state index contributed by atoms with van der Waals surface area (Å²) in [7, 11) is -4.22. The number of carbonyl (C=O) groups excluding carboxylic acids is 1. The number of hydrogen-bond donors (Lipinski definition) is 3. The van der Waals surface area contributed by atoms with Gasteiger partial charge in [-0.05, 0) is 37.3 Å². The molecule has 1 amide bonds. The van der Waals surface area contributed by atoms with Gasteiger partial charge in [-0.25, -0.2) is 12.8 Å². The Morgan fingerprint density at radius 1 is 1.23 bits per heavy atom. The average Bonchev–Trinajstić information content (AvgIpc) is 3.01. The van der Waals surface area contributed by atoms with Gasteiger partial charge in [0.25, 0.3) is 0 Å². The van der Waals surface area contributed by atoms with E-state index in [-0.39, 0.29) is 12.0 Å². The third-order valence-corrected chi connectivity index (χ3v) is 5.96. The number of carbonyl (C=O) groups is 2. The van der Waals surface area contributed by atoms with Crippen molar-refractivity contribution in [2.24, 2.45) is 11.8 Å². The Kier molecular flexibility index (Phi) is 6.35. The van der Waals surface area contributed by atoms with Gasteiger partial charge in [0.05, 0.1) is 5.92 Å². The molecule has 1 aromatic carbocycles. The maximum atomic E-state index is 13.8. The quantitative estimate of drug-likeness (QED) is 0.657. The molecule has 0 aromatic heterocycles. The monoisotopic (exact) mass is 386 g/mol. The molecule has 26 heavy (non-hydrogen) atoms. The van der Waals surface area contributed by atoms with Crippen molar-refractivity contribution in [3.05, 3.63) is 30.1 Å². The Morgan fingerprint density at radius 3 is 2.42 bits per heavy atom. The number of amides is 1. The van der Waals surface area contributed by atoms with Crippen LogP contribution in [0.25, 0.3) is 0 Å². The Labute approximate surface area is 152 Å². The summed E-state index contributed by atoms with van der Waals surface area (Å²) < 4.78 is 41.0. The summed E-state index contributed by atoms with van der Waals surface area (Å²) >= 11 is 0. The van der Waals surface area contributed by atoms with Crippen LogP contribution in [-0.2, 0) is 19.6 Å². The second-order valence-electron chi connectivity index (χ2n) is 6.83. The molecule has 9 heteroatoms. The second kappa shape index (κ2) is 8.13. The number of sulfonamides is 1. The molecule has 1 fully saturated rings. The summed E-state index contributed by atoms with van der Waals surface area (Å²) in [6.07, 6.45) is 1.30. The molecule has 1 unspecified atom stereocenters. The van der Waals surface area contributed by atoms with Gasteiger partial charge in [0.1, 0.15) is 16.8 Å². The van der Waals surface area contributed by atoms with Crippen molar-refractivity contribution >= 4 is 21.9 Å². The molecule has 1 aliphatic rings. The van der Waals surface area contributed by atoms with Crippen LogP contribution >= 0.6 is 0 Å². The predicted octanol–water partition coefficient (Wildman–Crippen LogP) is 1.50. The van der Waals surface area contributed by atoms with Gasteiger partial charge in [-0.2, -0.15) is 4.72 Å². The van der Waals surface area contributed by atoms with Crippen LogP contribution in [0, 0.1) is 17.7 Å². The van der Waals surface area contributed by atoms with Crippen LogP contribution in [0.3, 0.4) is 0 Å². The molecule has 0 aliphatic heterocycles. The third-order valence-electron chi connectivity index (χ3n) is 4.49. The third kappa shape index (κ3) is 4.79. The Bertz CT molecular complexity index is 781. The Morgan fingerprint density at radius 2 is 1.88 bits per heavy atom. The number of hydrogen-bond acceptors (Lipinski definition) is 4. The molecule has 144 valence electrons. The lowest BCUT2D eigenvalue weighted by atomic mass is 10.0. The first-order valence-electron chi connectivity index (χ1n) is 8.42. The van der Waals surface area contributed by atoms with E-state index in [1.54, 1.807) is 13.8 Å². The number of halogens is 1. The fraction of sp³-hybridized carbons (Fsp3) is 0.529. The van der Waals surface area contributed by atoms with E-state index in [0.29, 0.717) is 19.3 Å². The zero-order valence-corrected chi connectivity index (χ0v) is 15.4. The standard InChI is InChI=1S/C17H23FN2O5S/c1-10(2)15(16(21)19-12-8-7-11(9-12)17(22)23)20-26(24,25)14-6-4-3-5-13(14)18/h3-6,10-12,15,20H,7-9H2,1-2H3,(H,19,21)(H,22,23)/t11-,12+,15?/m0/s1. The van der Waals surface area contributed by atoms with Gasteiger partial charge in [-0.15, -0.1) is 0 Å². The zero-order chi connectivity index (χ0) is 19.5. The second-order valence-corrected chi connectivity index (χ2v) is 8.51. The van der Waals surface area contributed by atoms with Crippen LogP contribution in [-0.4, -0.2) is 37.5 Å². The highest BCUT2D eigenvalue weighted by molar-refractivity contribution is 7.89. The molecule has 0 spiro atoms. The van der Waals surface area contributed by atoms with Crippen molar-refractivity contribution < 1.29 is 27.5 Å². The largest absolute Gasteiger partial charge is 0.481 e. The van der Waals surface area contributed by atoms with Gasteiger partial charge in [-0.1, -0.05) is 26.0 Å². The van der Waals surface area contributed by atoms with Crippen LogP contribution in [0.2, 0.25) is 0 Å². The van der Waals surface area contributed by atoms with Crippen molar-refractivity contribution in [3.8, 4) is 0 Å². The van der Waals surface area contributed by atoms with E-state index in [9.17, 15) is 22.4 Å².